The molecule has 1 saturated heterocycles. The highest BCUT2D eigenvalue weighted by Crippen LogP contribution is 2.44. The van der Waals surface area contributed by atoms with Crippen LogP contribution in [0.3, 0.4) is 0 Å². The molecule has 3 heteroatoms. The molecule has 0 aromatic carbocycles. The van der Waals surface area contributed by atoms with Gasteiger partial charge in [0.05, 0.1) is 6.10 Å². The van der Waals surface area contributed by atoms with Gasteiger partial charge in [-0.3, -0.25) is 0 Å². The average molecular weight is 214 g/mol. The van der Waals surface area contributed by atoms with Gasteiger partial charge >= 0.3 is 0 Å². The van der Waals surface area contributed by atoms with Crippen molar-refractivity contribution in [2.45, 2.75) is 71.1 Å². The molecule has 0 bridgehead atoms. The van der Waals surface area contributed by atoms with Gasteiger partial charge in [-0.25, -0.2) is 0 Å². The average Bonchev–Trinajstić information content (AvgIpc) is 2.23. The largest absolute Gasteiger partial charge is 0.784 e. The maximum Gasteiger partial charge on any atom is 0.0600 e. The van der Waals surface area contributed by atoms with Gasteiger partial charge in [0.25, 0.3) is 0 Å². The molecule has 1 heterocycles. The quantitative estimate of drug-likeness (QED) is 0.768. The van der Waals surface area contributed by atoms with E-state index in [4.69, 9.17) is 0 Å². The maximum atomic E-state index is 12.4. The molecule has 0 radical (unpaired) electrons. The Labute approximate surface area is 93.1 Å². The number of piperidine rings is 1. The Bertz CT molecular complexity index is 234. The molecule has 1 fully saturated rings. The normalized spacial score (nSPS) is 48.2. The summed E-state index contributed by atoms with van der Waals surface area (Å²) in [6.07, 6.45) is 1.80. The van der Waals surface area contributed by atoms with E-state index < -0.39 is 11.1 Å². The molecular weight excluding hydrogens is 190 g/mol. The third-order valence-corrected chi connectivity index (χ3v) is 4.64. The third-order valence-electron chi connectivity index (χ3n) is 4.64. The van der Waals surface area contributed by atoms with Crippen molar-refractivity contribution >= 4 is 0 Å². The lowest BCUT2D eigenvalue weighted by Gasteiger charge is -2.64. The van der Waals surface area contributed by atoms with Crippen molar-refractivity contribution in [1.82, 2.24) is 5.06 Å². The highest BCUT2D eigenvalue weighted by Gasteiger charge is 2.47. The van der Waals surface area contributed by atoms with Crippen LogP contribution in [0.25, 0.3) is 0 Å². The van der Waals surface area contributed by atoms with E-state index in [0.717, 1.165) is 12.8 Å². The van der Waals surface area contributed by atoms with E-state index in [1.54, 1.807) is 0 Å². The van der Waals surface area contributed by atoms with Crippen molar-refractivity contribution in [3.05, 3.63) is 5.21 Å². The van der Waals surface area contributed by atoms with Crippen LogP contribution in [0.1, 0.15) is 53.9 Å². The van der Waals surface area contributed by atoms with Gasteiger partial charge in [0.1, 0.15) is 0 Å². The SMILES string of the molecule is CCC1(C)CC(O)C(C)C(C)(CC)N1[O-]. The number of hydrogen-bond acceptors (Lipinski definition) is 3. The number of aliphatic hydroxyl groups is 1. The molecule has 0 aromatic heterocycles. The van der Waals surface area contributed by atoms with Crippen LogP contribution in [0.4, 0.5) is 0 Å². The van der Waals surface area contributed by atoms with Gasteiger partial charge in [0.2, 0.25) is 0 Å². The standard InChI is InChI=1S/C12H24NO2/c1-6-11(4)8-10(14)9(3)12(5,7-2)13(11)15/h9-10,14H,6-8H2,1-5H3/q-1. The highest BCUT2D eigenvalue weighted by atomic mass is 16.5. The zero-order valence-electron chi connectivity index (χ0n) is 10.6. The van der Waals surface area contributed by atoms with Crippen molar-refractivity contribution in [2.24, 2.45) is 5.92 Å². The Balaban J connectivity index is 3.05. The van der Waals surface area contributed by atoms with E-state index in [2.05, 4.69) is 0 Å². The van der Waals surface area contributed by atoms with Crippen molar-refractivity contribution in [1.29, 1.82) is 0 Å². The summed E-state index contributed by atoms with van der Waals surface area (Å²) in [5.41, 5.74) is -0.834. The summed E-state index contributed by atoms with van der Waals surface area (Å²) in [5, 5.41) is 23.7. The first-order chi connectivity index (χ1) is 6.81. The molecule has 0 spiro atoms. The van der Waals surface area contributed by atoms with Crippen molar-refractivity contribution in [3.8, 4) is 0 Å². The topological polar surface area (TPSA) is 46.5 Å². The van der Waals surface area contributed by atoms with Crippen molar-refractivity contribution in [2.75, 3.05) is 0 Å². The molecule has 3 nitrogen and oxygen atoms in total. The van der Waals surface area contributed by atoms with Gasteiger partial charge in [-0.2, -0.15) is 0 Å². The Kier molecular flexibility index (Phi) is 3.49. The molecule has 0 amide bonds. The number of aliphatic hydroxyl groups excluding tert-OH is 1. The van der Waals surface area contributed by atoms with Gasteiger partial charge < -0.3 is 15.4 Å². The minimum Gasteiger partial charge on any atom is -0.784 e. The van der Waals surface area contributed by atoms with Crippen LogP contribution in [0.15, 0.2) is 0 Å². The van der Waals surface area contributed by atoms with Crippen LogP contribution in [0, 0.1) is 11.1 Å². The van der Waals surface area contributed by atoms with Gasteiger partial charge in [-0.15, -0.1) is 0 Å². The van der Waals surface area contributed by atoms with Gasteiger partial charge in [0.15, 0.2) is 0 Å². The minimum absolute atomic E-state index is 0.0413. The fourth-order valence-electron chi connectivity index (χ4n) is 2.68. The van der Waals surface area contributed by atoms with E-state index in [9.17, 15) is 10.3 Å². The van der Waals surface area contributed by atoms with Crippen LogP contribution in [0.2, 0.25) is 0 Å². The Morgan fingerprint density at radius 3 is 2.27 bits per heavy atom. The van der Waals surface area contributed by atoms with Gasteiger partial charge in [-0.1, -0.05) is 20.8 Å². The van der Waals surface area contributed by atoms with Crippen molar-refractivity contribution in [3.63, 3.8) is 0 Å². The minimum atomic E-state index is -0.428. The maximum absolute atomic E-state index is 12.4. The molecule has 0 aliphatic carbocycles. The molecule has 4 unspecified atom stereocenters. The van der Waals surface area contributed by atoms with Gasteiger partial charge in [-0.05, 0) is 39.0 Å². The third kappa shape index (κ3) is 1.81. The predicted molar refractivity (Wildman–Crippen MR) is 62.4 cm³/mol. The second kappa shape index (κ2) is 4.04. The summed E-state index contributed by atoms with van der Waals surface area (Å²) in [4.78, 5) is 0. The lowest BCUT2D eigenvalue weighted by Crippen LogP contribution is -2.65. The van der Waals surface area contributed by atoms with E-state index in [-0.39, 0.29) is 12.0 Å². The molecule has 1 rings (SSSR count). The first kappa shape index (κ1) is 12.9. The summed E-state index contributed by atoms with van der Waals surface area (Å²) in [6, 6.07) is 0. The number of nitrogens with zero attached hydrogens (tertiary/aromatic N) is 1. The zero-order chi connectivity index (χ0) is 11.9. The summed E-state index contributed by atoms with van der Waals surface area (Å²) >= 11 is 0. The molecule has 1 N–H and O–H groups in total. The first-order valence-electron chi connectivity index (χ1n) is 5.97. The summed E-state index contributed by atoms with van der Waals surface area (Å²) in [6.45, 7) is 9.96. The Morgan fingerprint density at radius 2 is 1.87 bits per heavy atom. The van der Waals surface area contributed by atoms with Crippen molar-refractivity contribution < 1.29 is 5.11 Å². The lowest BCUT2D eigenvalue weighted by molar-refractivity contribution is -0.110. The molecule has 90 valence electrons. The predicted octanol–water partition coefficient (Wildman–Crippen LogP) is 2.52. The summed E-state index contributed by atoms with van der Waals surface area (Å²) in [5.74, 6) is 0.0413. The van der Waals surface area contributed by atoms with E-state index in [0.29, 0.717) is 6.42 Å². The Hall–Kier alpha value is -0.120. The van der Waals surface area contributed by atoms with E-state index in [1.807, 2.05) is 34.6 Å². The summed E-state index contributed by atoms with van der Waals surface area (Å²) < 4.78 is 0. The number of rotatable bonds is 2. The first-order valence-corrected chi connectivity index (χ1v) is 5.97. The lowest BCUT2D eigenvalue weighted by atomic mass is 9.69. The zero-order valence-corrected chi connectivity index (χ0v) is 10.6. The monoisotopic (exact) mass is 214 g/mol. The van der Waals surface area contributed by atoms with E-state index in [1.165, 1.54) is 5.06 Å². The molecule has 0 saturated carbocycles. The molecule has 0 aromatic rings. The number of hydroxylamine groups is 2. The molecule has 1 aliphatic rings. The molecule has 1 aliphatic heterocycles. The van der Waals surface area contributed by atoms with Crippen LogP contribution in [-0.4, -0.2) is 27.4 Å². The fourth-order valence-corrected chi connectivity index (χ4v) is 2.68. The van der Waals surface area contributed by atoms with Crippen LogP contribution >= 0.6 is 0 Å². The highest BCUT2D eigenvalue weighted by molar-refractivity contribution is 5.06. The second-order valence-corrected chi connectivity index (χ2v) is 5.42. The van der Waals surface area contributed by atoms with Gasteiger partial charge in [0, 0.05) is 11.1 Å². The van der Waals surface area contributed by atoms with Crippen LogP contribution in [-0.2, 0) is 0 Å². The second-order valence-electron chi connectivity index (χ2n) is 5.42. The van der Waals surface area contributed by atoms with Crippen LogP contribution in [0.5, 0.6) is 0 Å². The molecular formula is C12H24NO2-. The smallest absolute Gasteiger partial charge is 0.0600 e. The number of hydrogen-bond donors (Lipinski definition) is 1. The van der Waals surface area contributed by atoms with E-state index >= 15 is 0 Å². The fraction of sp³-hybridized carbons (Fsp3) is 1.00. The Morgan fingerprint density at radius 1 is 1.33 bits per heavy atom. The molecule has 4 atom stereocenters. The molecule has 15 heavy (non-hydrogen) atoms. The van der Waals surface area contributed by atoms with Crippen LogP contribution < -0.4 is 0 Å². The summed E-state index contributed by atoms with van der Waals surface area (Å²) in [7, 11) is 0.